The largest absolute Gasteiger partial charge is 0.494 e. The van der Waals surface area contributed by atoms with Crippen LogP contribution in [0.3, 0.4) is 0 Å². The number of hydrogen-bond donors (Lipinski definition) is 1. The van der Waals surface area contributed by atoms with Crippen LogP contribution in [-0.2, 0) is 0 Å². The van der Waals surface area contributed by atoms with Gasteiger partial charge in [0, 0.05) is 24.0 Å². The number of aryl methyl sites for hydroxylation is 1. The number of ether oxygens (including phenoxy) is 1. The van der Waals surface area contributed by atoms with E-state index in [2.05, 4.69) is 15.4 Å². The normalized spacial score (nSPS) is 11.9. The third-order valence-corrected chi connectivity index (χ3v) is 5.00. The second-order valence-corrected chi connectivity index (χ2v) is 7.19. The van der Waals surface area contributed by atoms with Gasteiger partial charge in [-0.1, -0.05) is 12.1 Å². The summed E-state index contributed by atoms with van der Waals surface area (Å²) in [6.07, 6.45) is 5.23. The first-order valence-electron chi connectivity index (χ1n) is 9.75. The van der Waals surface area contributed by atoms with Gasteiger partial charge in [0.25, 0.3) is 5.56 Å². The molecule has 31 heavy (non-hydrogen) atoms. The quantitative estimate of drug-likeness (QED) is 0.506. The molecule has 0 saturated heterocycles. The van der Waals surface area contributed by atoms with Gasteiger partial charge in [-0.2, -0.15) is 5.10 Å². The Morgan fingerprint density at radius 1 is 1.10 bits per heavy atom. The van der Waals surface area contributed by atoms with Crippen molar-refractivity contribution < 1.29 is 9.13 Å². The lowest BCUT2D eigenvalue weighted by molar-refractivity contribution is 0.413. The van der Waals surface area contributed by atoms with Crippen molar-refractivity contribution in [3.63, 3.8) is 0 Å². The van der Waals surface area contributed by atoms with Gasteiger partial charge in [0.2, 0.25) is 0 Å². The Morgan fingerprint density at radius 2 is 1.87 bits per heavy atom. The standard InChI is InChI=1S/C23H22FN5O2/c1-15-13-28(14-25-15)21-9-8-19(10-22(21)31-3)27-20-11-23(30)29(26-12-20)16(2)17-4-6-18(24)7-5-17/h4-14,16,27H,1-3H3. The van der Waals surface area contributed by atoms with Crippen LogP contribution in [0.1, 0.15) is 24.2 Å². The van der Waals surface area contributed by atoms with Gasteiger partial charge in [-0.05, 0) is 43.7 Å². The average Bonchev–Trinajstić information content (AvgIpc) is 3.20. The van der Waals surface area contributed by atoms with Crippen molar-refractivity contribution in [2.75, 3.05) is 12.4 Å². The topological polar surface area (TPSA) is 74.0 Å². The van der Waals surface area contributed by atoms with Crippen molar-refractivity contribution in [2.45, 2.75) is 19.9 Å². The molecular formula is C23H22FN5O2. The van der Waals surface area contributed by atoms with E-state index in [4.69, 9.17) is 4.74 Å². The molecule has 0 aliphatic heterocycles. The fraction of sp³-hybridized carbons (Fsp3) is 0.174. The minimum absolute atomic E-state index is 0.265. The molecule has 0 amide bonds. The van der Waals surface area contributed by atoms with E-state index in [-0.39, 0.29) is 17.4 Å². The smallest absolute Gasteiger partial charge is 0.269 e. The molecule has 4 aromatic rings. The lowest BCUT2D eigenvalue weighted by Gasteiger charge is -2.15. The fourth-order valence-corrected chi connectivity index (χ4v) is 3.35. The Hall–Kier alpha value is -3.94. The van der Waals surface area contributed by atoms with Crippen LogP contribution in [0.2, 0.25) is 0 Å². The zero-order chi connectivity index (χ0) is 22.0. The maximum Gasteiger partial charge on any atom is 0.269 e. The molecule has 1 N–H and O–H groups in total. The van der Waals surface area contributed by atoms with Crippen molar-refractivity contribution in [3.05, 3.63) is 94.7 Å². The minimum Gasteiger partial charge on any atom is -0.494 e. The summed E-state index contributed by atoms with van der Waals surface area (Å²) in [7, 11) is 1.60. The Labute approximate surface area is 178 Å². The van der Waals surface area contributed by atoms with Crippen molar-refractivity contribution in [1.82, 2.24) is 19.3 Å². The van der Waals surface area contributed by atoms with Gasteiger partial charge < -0.3 is 14.6 Å². The van der Waals surface area contributed by atoms with Crippen molar-refractivity contribution in [1.29, 1.82) is 0 Å². The number of methoxy groups -OCH3 is 1. The molecule has 1 atom stereocenters. The summed E-state index contributed by atoms with van der Waals surface area (Å²) in [5, 5.41) is 7.47. The highest BCUT2D eigenvalue weighted by Crippen LogP contribution is 2.28. The van der Waals surface area contributed by atoms with E-state index in [1.807, 2.05) is 42.8 Å². The highest BCUT2D eigenvalue weighted by atomic mass is 19.1. The minimum atomic E-state index is -0.319. The van der Waals surface area contributed by atoms with Crippen LogP contribution >= 0.6 is 0 Å². The van der Waals surface area contributed by atoms with E-state index in [0.717, 1.165) is 22.6 Å². The van der Waals surface area contributed by atoms with Crippen LogP contribution in [0.15, 0.2) is 72.0 Å². The van der Waals surface area contributed by atoms with E-state index in [1.54, 1.807) is 31.8 Å². The summed E-state index contributed by atoms with van der Waals surface area (Å²) in [5.74, 6) is 0.342. The molecule has 8 heteroatoms. The molecule has 1 unspecified atom stereocenters. The number of nitrogens with zero attached hydrogens (tertiary/aromatic N) is 4. The summed E-state index contributed by atoms with van der Waals surface area (Å²) in [6, 6.07) is 12.8. The van der Waals surface area contributed by atoms with Crippen LogP contribution in [0.5, 0.6) is 5.75 Å². The number of nitrogens with one attached hydrogen (secondary N) is 1. The molecule has 0 saturated carbocycles. The third-order valence-electron chi connectivity index (χ3n) is 5.00. The second kappa shape index (κ2) is 8.43. The van der Waals surface area contributed by atoms with Gasteiger partial charge in [0.15, 0.2) is 0 Å². The van der Waals surface area contributed by atoms with E-state index >= 15 is 0 Å². The Morgan fingerprint density at radius 3 is 2.52 bits per heavy atom. The van der Waals surface area contributed by atoms with E-state index in [1.165, 1.54) is 22.9 Å². The highest BCUT2D eigenvalue weighted by Gasteiger charge is 2.12. The molecule has 0 fully saturated rings. The van der Waals surface area contributed by atoms with Gasteiger partial charge >= 0.3 is 0 Å². The van der Waals surface area contributed by atoms with Gasteiger partial charge in [0.1, 0.15) is 11.6 Å². The molecule has 0 aliphatic rings. The first kappa shape index (κ1) is 20.3. The van der Waals surface area contributed by atoms with Crippen LogP contribution in [0, 0.1) is 12.7 Å². The Bertz CT molecular complexity index is 1260. The number of halogens is 1. The maximum absolute atomic E-state index is 13.2. The van der Waals surface area contributed by atoms with Crippen LogP contribution < -0.4 is 15.6 Å². The first-order valence-corrected chi connectivity index (χ1v) is 9.75. The Balaban J connectivity index is 1.56. The second-order valence-electron chi connectivity index (χ2n) is 7.19. The number of aromatic nitrogens is 4. The van der Waals surface area contributed by atoms with Crippen LogP contribution in [0.25, 0.3) is 5.69 Å². The van der Waals surface area contributed by atoms with Gasteiger partial charge in [-0.25, -0.2) is 14.1 Å². The molecule has 7 nitrogen and oxygen atoms in total. The number of rotatable bonds is 6. The average molecular weight is 419 g/mol. The summed E-state index contributed by atoms with van der Waals surface area (Å²) in [5.41, 5.74) is 3.61. The maximum atomic E-state index is 13.2. The van der Waals surface area contributed by atoms with Gasteiger partial charge in [0.05, 0.1) is 42.7 Å². The van der Waals surface area contributed by atoms with E-state index in [9.17, 15) is 9.18 Å². The zero-order valence-corrected chi connectivity index (χ0v) is 17.4. The molecule has 158 valence electrons. The van der Waals surface area contributed by atoms with Crippen LogP contribution in [-0.4, -0.2) is 26.4 Å². The third kappa shape index (κ3) is 4.32. The fourth-order valence-electron chi connectivity index (χ4n) is 3.35. The lowest BCUT2D eigenvalue weighted by atomic mass is 10.1. The lowest BCUT2D eigenvalue weighted by Crippen LogP contribution is -2.26. The predicted molar refractivity (Wildman–Crippen MR) is 117 cm³/mol. The number of anilines is 2. The molecule has 2 aromatic heterocycles. The summed E-state index contributed by atoms with van der Waals surface area (Å²) in [4.78, 5) is 16.9. The Kier molecular flexibility index (Phi) is 5.53. The number of hydrogen-bond acceptors (Lipinski definition) is 5. The number of benzene rings is 2. The predicted octanol–water partition coefficient (Wildman–Crippen LogP) is 4.24. The molecule has 2 heterocycles. The first-order chi connectivity index (χ1) is 14.9. The van der Waals surface area contributed by atoms with Gasteiger partial charge in [-0.3, -0.25) is 4.79 Å². The van der Waals surface area contributed by atoms with Gasteiger partial charge in [-0.15, -0.1) is 0 Å². The molecule has 0 aliphatic carbocycles. The van der Waals surface area contributed by atoms with Crippen molar-refractivity contribution in [2.24, 2.45) is 0 Å². The summed E-state index contributed by atoms with van der Waals surface area (Å²) in [6.45, 7) is 3.77. The monoisotopic (exact) mass is 419 g/mol. The zero-order valence-electron chi connectivity index (χ0n) is 17.4. The molecule has 0 bridgehead atoms. The van der Waals surface area contributed by atoms with Crippen molar-refractivity contribution in [3.8, 4) is 11.4 Å². The molecule has 0 radical (unpaired) electrons. The number of imidazole rings is 1. The molecular weight excluding hydrogens is 397 g/mol. The van der Waals surface area contributed by atoms with Crippen LogP contribution in [0.4, 0.5) is 15.8 Å². The highest BCUT2D eigenvalue weighted by molar-refractivity contribution is 5.64. The summed E-state index contributed by atoms with van der Waals surface area (Å²) < 4.78 is 21.9. The SMILES string of the molecule is COc1cc(Nc2cnn(C(C)c3ccc(F)cc3)c(=O)c2)ccc1-n1cnc(C)c1. The molecule has 4 rings (SSSR count). The molecule has 2 aromatic carbocycles. The van der Waals surface area contributed by atoms with E-state index < -0.39 is 0 Å². The molecule has 0 spiro atoms. The van der Waals surface area contributed by atoms with E-state index in [0.29, 0.717) is 11.4 Å². The van der Waals surface area contributed by atoms with Crippen molar-refractivity contribution >= 4 is 11.4 Å². The summed E-state index contributed by atoms with van der Waals surface area (Å²) >= 11 is 0.